The standard InChI is InChI=1S/C15H21N3O3/c1-12(17-9-4-2-3-5-10-17)15(19)16-13-7-6-8-14(11-13)18(20)21/h6-8,11-12H,2-5,9-10H2,1H3,(H,16,19). The normalized spacial score (nSPS) is 17.8. The van der Waals surface area contributed by atoms with Crippen LogP contribution in [0.2, 0.25) is 0 Å². The Morgan fingerprint density at radius 3 is 2.57 bits per heavy atom. The van der Waals surface area contributed by atoms with Crippen LogP contribution in [0.25, 0.3) is 0 Å². The largest absolute Gasteiger partial charge is 0.324 e. The van der Waals surface area contributed by atoms with E-state index in [1.54, 1.807) is 12.1 Å². The molecule has 1 heterocycles. The molecule has 1 saturated heterocycles. The number of carbonyl (C=O) groups excluding carboxylic acids is 1. The lowest BCUT2D eigenvalue weighted by Gasteiger charge is -2.26. The first-order valence-corrected chi connectivity index (χ1v) is 7.37. The van der Waals surface area contributed by atoms with Crippen LogP contribution in [-0.2, 0) is 4.79 Å². The molecule has 2 rings (SSSR count). The Morgan fingerprint density at radius 2 is 1.95 bits per heavy atom. The van der Waals surface area contributed by atoms with Crippen molar-refractivity contribution in [3.63, 3.8) is 0 Å². The zero-order chi connectivity index (χ0) is 15.2. The summed E-state index contributed by atoms with van der Waals surface area (Å²) in [4.78, 5) is 24.7. The highest BCUT2D eigenvalue weighted by molar-refractivity contribution is 5.94. The number of nitro benzene ring substituents is 1. The van der Waals surface area contributed by atoms with Crippen molar-refractivity contribution in [3.05, 3.63) is 34.4 Å². The van der Waals surface area contributed by atoms with Gasteiger partial charge in [-0.05, 0) is 38.9 Å². The molecule has 0 bridgehead atoms. The molecule has 1 N–H and O–H groups in total. The number of benzene rings is 1. The Balaban J connectivity index is 1.99. The van der Waals surface area contributed by atoms with Crippen LogP contribution in [-0.4, -0.2) is 34.9 Å². The van der Waals surface area contributed by atoms with Crippen molar-refractivity contribution in [2.75, 3.05) is 18.4 Å². The van der Waals surface area contributed by atoms with Gasteiger partial charge in [0, 0.05) is 17.8 Å². The van der Waals surface area contributed by atoms with Crippen LogP contribution in [0.3, 0.4) is 0 Å². The van der Waals surface area contributed by atoms with Crippen molar-refractivity contribution < 1.29 is 9.72 Å². The van der Waals surface area contributed by atoms with Crippen LogP contribution in [0.1, 0.15) is 32.6 Å². The fraction of sp³-hybridized carbons (Fsp3) is 0.533. The summed E-state index contributed by atoms with van der Waals surface area (Å²) >= 11 is 0. The van der Waals surface area contributed by atoms with E-state index in [-0.39, 0.29) is 17.6 Å². The van der Waals surface area contributed by atoms with Gasteiger partial charge in [-0.3, -0.25) is 19.8 Å². The molecule has 1 aliphatic rings. The van der Waals surface area contributed by atoms with E-state index in [2.05, 4.69) is 10.2 Å². The summed E-state index contributed by atoms with van der Waals surface area (Å²) in [5.74, 6) is -0.114. The minimum Gasteiger partial charge on any atom is -0.324 e. The third kappa shape index (κ3) is 4.26. The van der Waals surface area contributed by atoms with Gasteiger partial charge in [0.2, 0.25) is 5.91 Å². The van der Waals surface area contributed by atoms with Crippen molar-refractivity contribution >= 4 is 17.3 Å². The zero-order valence-corrected chi connectivity index (χ0v) is 12.2. The first-order valence-electron chi connectivity index (χ1n) is 7.37. The topological polar surface area (TPSA) is 75.5 Å². The first-order chi connectivity index (χ1) is 10.1. The molecule has 0 radical (unpaired) electrons. The van der Waals surface area contributed by atoms with Crippen LogP contribution in [0.15, 0.2) is 24.3 Å². The minimum atomic E-state index is -0.464. The number of hydrogen-bond acceptors (Lipinski definition) is 4. The van der Waals surface area contributed by atoms with Crippen molar-refractivity contribution in [1.29, 1.82) is 0 Å². The maximum atomic E-state index is 12.3. The van der Waals surface area contributed by atoms with Gasteiger partial charge in [-0.15, -0.1) is 0 Å². The summed E-state index contributed by atoms with van der Waals surface area (Å²) in [6.07, 6.45) is 4.67. The second-order valence-electron chi connectivity index (χ2n) is 5.42. The van der Waals surface area contributed by atoms with Crippen LogP contribution in [0, 0.1) is 10.1 Å². The zero-order valence-electron chi connectivity index (χ0n) is 12.2. The Kier molecular flexibility index (Phi) is 5.27. The summed E-state index contributed by atoms with van der Waals surface area (Å²) < 4.78 is 0. The van der Waals surface area contributed by atoms with Crippen molar-refractivity contribution in [2.24, 2.45) is 0 Å². The Bertz CT molecular complexity index is 511. The van der Waals surface area contributed by atoms with Crippen LogP contribution < -0.4 is 5.32 Å². The van der Waals surface area contributed by atoms with E-state index in [0.29, 0.717) is 5.69 Å². The molecule has 0 saturated carbocycles. The third-order valence-corrected chi connectivity index (χ3v) is 3.89. The summed E-state index contributed by atoms with van der Waals surface area (Å²) in [6, 6.07) is 5.81. The second kappa shape index (κ2) is 7.17. The molecule has 1 aliphatic heterocycles. The second-order valence-corrected chi connectivity index (χ2v) is 5.42. The number of likely N-dealkylation sites (tertiary alicyclic amines) is 1. The Morgan fingerprint density at radius 1 is 1.29 bits per heavy atom. The average Bonchev–Trinajstić information content (AvgIpc) is 2.75. The molecule has 1 atom stereocenters. The van der Waals surface area contributed by atoms with Crippen LogP contribution in [0.5, 0.6) is 0 Å². The lowest BCUT2D eigenvalue weighted by Crippen LogP contribution is -2.42. The molecule has 1 unspecified atom stereocenters. The van der Waals surface area contributed by atoms with E-state index < -0.39 is 4.92 Å². The molecule has 0 spiro atoms. The van der Waals surface area contributed by atoms with Crippen LogP contribution >= 0.6 is 0 Å². The van der Waals surface area contributed by atoms with Gasteiger partial charge in [-0.25, -0.2) is 0 Å². The summed E-state index contributed by atoms with van der Waals surface area (Å²) in [6.45, 7) is 3.76. The van der Waals surface area contributed by atoms with E-state index in [1.807, 2.05) is 6.92 Å². The van der Waals surface area contributed by atoms with Crippen molar-refractivity contribution in [2.45, 2.75) is 38.6 Å². The summed E-state index contributed by atoms with van der Waals surface area (Å²) in [5.41, 5.74) is 0.450. The lowest BCUT2D eigenvalue weighted by atomic mass is 10.2. The number of rotatable bonds is 4. The number of hydrogen-bond donors (Lipinski definition) is 1. The monoisotopic (exact) mass is 291 g/mol. The van der Waals surface area contributed by atoms with Gasteiger partial charge >= 0.3 is 0 Å². The van der Waals surface area contributed by atoms with E-state index in [9.17, 15) is 14.9 Å². The highest BCUT2D eigenvalue weighted by Gasteiger charge is 2.22. The average molecular weight is 291 g/mol. The molecule has 1 aromatic carbocycles. The van der Waals surface area contributed by atoms with E-state index in [0.717, 1.165) is 25.9 Å². The minimum absolute atomic E-state index is 0.0183. The quantitative estimate of drug-likeness (QED) is 0.683. The maximum Gasteiger partial charge on any atom is 0.271 e. The van der Waals surface area contributed by atoms with Gasteiger partial charge < -0.3 is 5.32 Å². The fourth-order valence-corrected chi connectivity index (χ4v) is 2.59. The molecule has 6 nitrogen and oxygen atoms in total. The van der Waals surface area contributed by atoms with E-state index in [4.69, 9.17) is 0 Å². The summed E-state index contributed by atoms with van der Waals surface area (Å²) in [5, 5.41) is 13.5. The van der Waals surface area contributed by atoms with Gasteiger partial charge in [0.25, 0.3) is 5.69 Å². The molecule has 6 heteroatoms. The molecule has 1 amide bonds. The Labute approximate surface area is 124 Å². The highest BCUT2D eigenvalue weighted by Crippen LogP contribution is 2.18. The number of carbonyl (C=O) groups is 1. The van der Waals surface area contributed by atoms with Gasteiger partial charge in [0.05, 0.1) is 11.0 Å². The molecule has 1 aromatic rings. The van der Waals surface area contributed by atoms with E-state index >= 15 is 0 Å². The first kappa shape index (κ1) is 15.4. The third-order valence-electron chi connectivity index (χ3n) is 3.89. The molecule has 1 fully saturated rings. The fourth-order valence-electron chi connectivity index (χ4n) is 2.59. The number of nitrogens with zero attached hydrogens (tertiary/aromatic N) is 2. The molecular formula is C15H21N3O3. The molecular weight excluding hydrogens is 270 g/mol. The molecule has 114 valence electrons. The molecule has 0 aromatic heterocycles. The number of anilines is 1. The maximum absolute atomic E-state index is 12.3. The van der Waals surface area contributed by atoms with Gasteiger partial charge in [0.15, 0.2) is 0 Å². The number of non-ortho nitro benzene ring substituents is 1. The summed E-state index contributed by atoms with van der Waals surface area (Å²) in [7, 11) is 0. The van der Waals surface area contributed by atoms with Crippen LogP contribution in [0.4, 0.5) is 11.4 Å². The number of nitrogens with one attached hydrogen (secondary N) is 1. The van der Waals surface area contributed by atoms with Crippen molar-refractivity contribution in [1.82, 2.24) is 4.90 Å². The lowest BCUT2D eigenvalue weighted by molar-refractivity contribution is -0.384. The SMILES string of the molecule is CC(C(=O)Nc1cccc([N+](=O)[O-])c1)N1CCCCCC1. The molecule has 21 heavy (non-hydrogen) atoms. The van der Waals surface area contributed by atoms with Gasteiger partial charge in [-0.1, -0.05) is 18.9 Å². The number of amides is 1. The molecule has 0 aliphatic carbocycles. The van der Waals surface area contributed by atoms with Gasteiger partial charge in [-0.2, -0.15) is 0 Å². The van der Waals surface area contributed by atoms with Crippen molar-refractivity contribution in [3.8, 4) is 0 Å². The smallest absolute Gasteiger partial charge is 0.271 e. The number of nitro groups is 1. The predicted octanol–water partition coefficient (Wildman–Crippen LogP) is 2.80. The van der Waals surface area contributed by atoms with Gasteiger partial charge in [0.1, 0.15) is 0 Å². The predicted molar refractivity (Wildman–Crippen MR) is 81.2 cm³/mol. The van der Waals surface area contributed by atoms with E-state index in [1.165, 1.54) is 25.0 Å². The highest BCUT2D eigenvalue weighted by atomic mass is 16.6. The Hall–Kier alpha value is -1.95.